The van der Waals surface area contributed by atoms with Gasteiger partial charge in [0.2, 0.25) is 0 Å². The normalized spacial score (nSPS) is 17.4. The van der Waals surface area contributed by atoms with Crippen molar-refractivity contribution >= 4 is 11.6 Å². The number of fused-ring (bicyclic) bond motifs is 3. The monoisotopic (exact) mass is 427 g/mol. The summed E-state index contributed by atoms with van der Waals surface area (Å²) in [6, 6.07) is 15.3. The molecule has 0 N–H and O–H groups in total. The number of benzene rings is 1. The molecule has 32 heavy (non-hydrogen) atoms. The largest absolute Gasteiger partial charge is 0.368 e. The molecular formula is C23H21N7O2. The number of piperidine rings is 1. The van der Waals surface area contributed by atoms with E-state index in [2.05, 4.69) is 20.5 Å². The molecule has 1 aromatic carbocycles. The predicted octanol–water partition coefficient (Wildman–Crippen LogP) is 2.29. The highest BCUT2D eigenvalue weighted by atomic mass is 16.5. The number of ether oxygens (including phenoxy) is 1. The molecule has 0 aliphatic carbocycles. The molecule has 0 saturated carbocycles. The Morgan fingerprint density at radius 1 is 1.03 bits per heavy atom. The van der Waals surface area contributed by atoms with E-state index < -0.39 is 5.60 Å². The van der Waals surface area contributed by atoms with Gasteiger partial charge in [0.1, 0.15) is 11.3 Å². The molecule has 4 aromatic rings. The van der Waals surface area contributed by atoms with Crippen LogP contribution in [0.1, 0.15) is 34.6 Å². The van der Waals surface area contributed by atoms with E-state index in [0.717, 1.165) is 23.2 Å². The number of carbonyl (C=O) groups is 1. The van der Waals surface area contributed by atoms with Gasteiger partial charge in [0.15, 0.2) is 11.5 Å². The third kappa shape index (κ3) is 3.04. The Labute approximate surface area is 184 Å². The zero-order valence-corrected chi connectivity index (χ0v) is 17.4. The summed E-state index contributed by atoms with van der Waals surface area (Å²) < 4.78 is 7.83. The fraction of sp³-hybridized carbons (Fsp3) is 0.304. The second-order valence-corrected chi connectivity index (χ2v) is 8.18. The molecule has 160 valence electrons. The number of pyridine rings is 1. The fourth-order valence-corrected chi connectivity index (χ4v) is 4.68. The van der Waals surface area contributed by atoms with Gasteiger partial charge in [-0.3, -0.25) is 4.79 Å². The maximum Gasteiger partial charge on any atom is 0.272 e. The number of hydrogen-bond donors (Lipinski definition) is 0. The molecule has 1 saturated heterocycles. The fourth-order valence-electron chi connectivity index (χ4n) is 4.68. The van der Waals surface area contributed by atoms with E-state index in [1.165, 1.54) is 4.52 Å². The highest BCUT2D eigenvalue weighted by Gasteiger charge is 2.43. The molecule has 3 aromatic heterocycles. The molecule has 1 amide bonds. The van der Waals surface area contributed by atoms with Gasteiger partial charge in [0.05, 0.1) is 12.3 Å². The minimum atomic E-state index is -0.488. The van der Waals surface area contributed by atoms with Crippen LogP contribution in [0.2, 0.25) is 0 Å². The van der Waals surface area contributed by atoms with Crippen molar-refractivity contribution in [2.75, 3.05) is 19.7 Å². The van der Waals surface area contributed by atoms with Crippen LogP contribution in [0.5, 0.6) is 0 Å². The van der Waals surface area contributed by atoms with Crippen molar-refractivity contribution in [2.45, 2.75) is 24.9 Å². The minimum Gasteiger partial charge on any atom is -0.368 e. The van der Waals surface area contributed by atoms with E-state index in [0.29, 0.717) is 49.7 Å². The molecule has 5 heterocycles. The Morgan fingerprint density at radius 3 is 2.72 bits per heavy atom. The molecule has 1 spiro atoms. The van der Waals surface area contributed by atoms with Crippen LogP contribution >= 0.6 is 0 Å². The number of nitrogens with zero attached hydrogens (tertiary/aromatic N) is 7. The number of tetrazole rings is 1. The van der Waals surface area contributed by atoms with E-state index in [9.17, 15) is 4.79 Å². The van der Waals surface area contributed by atoms with Crippen molar-refractivity contribution in [1.82, 2.24) is 34.9 Å². The molecule has 0 unspecified atom stereocenters. The SMILES string of the molecule is O=C(c1cccc2nnnn12)N1CCC2(CC1)OCCc1cnc(-c3ccccc3)nc12. The quantitative estimate of drug-likeness (QED) is 0.484. The van der Waals surface area contributed by atoms with Crippen LogP contribution in [-0.2, 0) is 16.8 Å². The first-order valence-corrected chi connectivity index (χ1v) is 10.8. The summed E-state index contributed by atoms with van der Waals surface area (Å²) in [6.45, 7) is 1.78. The van der Waals surface area contributed by atoms with E-state index in [1.54, 1.807) is 18.2 Å². The number of likely N-dealkylation sites (tertiary alicyclic amines) is 1. The number of rotatable bonds is 2. The van der Waals surface area contributed by atoms with Crippen molar-refractivity contribution in [3.63, 3.8) is 0 Å². The predicted molar refractivity (Wildman–Crippen MR) is 115 cm³/mol. The molecule has 9 nitrogen and oxygen atoms in total. The maximum atomic E-state index is 13.2. The van der Waals surface area contributed by atoms with Gasteiger partial charge in [0.25, 0.3) is 5.91 Å². The van der Waals surface area contributed by atoms with E-state index >= 15 is 0 Å². The summed E-state index contributed by atoms with van der Waals surface area (Å²) in [5.74, 6) is 0.625. The van der Waals surface area contributed by atoms with Crippen molar-refractivity contribution in [1.29, 1.82) is 0 Å². The minimum absolute atomic E-state index is 0.0820. The van der Waals surface area contributed by atoms with Crippen LogP contribution < -0.4 is 0 Å². The van der Waals surface area contributed by atoms with Crippen LogP contribution in [0.25, 0.3) is 17.0 Å². The smallest absolute Gasteiger partial charge is 0.272 e. The Balaban J connectivity index is 1.28. The summed E-state index contributed by atoms with van der Waals surface area (Å²) in [4.78, 5) is 24.6. The van der Waals surface area contributed by atoms with E-state index in [-0.39, 0.29) is 5.91 Å². The molecule has 0 bridgehead atoms. The van der Waals surface area contributed by atoms with Crippen molar-refractivity contribution in [3.8, 4) is 11.4 Å². The highest BCUT2D eigenvalue weighted by molar-refractivity contribution is 5.93. The van der Waals surface area contributed by atoms with Crippen LogP contribution in [0.4, 0.5) is 0 Å². The Bertz CT molecular complexity index is 1300. The Morgan fingerprint density at radius 2 is 1.88 bits per heavy atom. The maximum absolute atomic E-state index is 13.2. The molecular weight excluding hydrogens is 406 g/mol. The molecule has 9 heteroatoms. The summed E-state index contributed by atoms with van der Waals surface area (Å²) in [6.07, 6.45) is 4.10. The van der Waals surface area contributed by atoms with Gasteiger partial charge in [-0.05, 0) is 47.4 Å². The summed E-state index contributed by atoms with van der Waals surface area (Å²) >= 11 is 0. The molecule has 1 fully saturated rings. The topological polar surface area (TPSA) is 98.4 Å². The average Bonchev–Trinajstić information content (AvgIpc) is 3.34. The lowest BCUT2D eigenvalue weighted by atomic mass is 9.83. The molecule has 0 atom stereocenters. The van der Waals surface area contributed by atoms with Crippen LogP contribution in [0.3, 0.4) is 0 Å². The first-order chi connectivity index (χ1) is 15.7. The summed E-state index contributed by atoms with van der Waals surface area (Å²) in [7, 11) is 0. The lowest BCUT2D eigenvalue weighted by molar-refractivity contribution is -0.0967. The van der Waals surface area contributed by atoms with Crippen molar-refractivity contribution in [2.24, 2.45) is 0 Å². The van der Waals surface area contributed by atoms with E-state index in [1.807, 2.05) is 41.4 Å². The third-order valence-electron chi connectivity index (χ3n) is 6.38. The van der Waals surface area contributed by atoms with Crippen molar-refractivity contribution in [3.05, 3.63) is 71.7 Å². The summed E-state index contributed by atoms with van der Waals surface area (Å²) in [5.41, 5.74) is 3.61. The van der Waals surface area contributed by atoms with Crippen LogP contribution in [0.15, 0.2) is 54.7 Å². The van der Waals surface area contributed by atoms with Gasteiger partial charge in [-0.15, -0.1) is 5.10 Å². The first kappa shape index (κ1) is 19.0. The Hall–Kier alpha value is -3.72. The number of amides is 1. The lowest BCUT2D eigenvalue weighted by Gasteiger charge is -2.44. The second-order valence-electron chi connectivity index (χ2n) is 8.18. The van der Waals surface area contributed by atoms with Crippen LogP contribution in [-0.4, -0.2) is 60.5 Å². The highest BCUT2D eigenvalue weighted by Crippen LogP contribution is 2.41. The van der Waals surface area contributed by atoms with Gasteiger partial charge >= 0.3 is 0 Å². The van der Waals surface area contributed by atoms with Gasteiger partial charge in [-0.1, -0.05) is 36.4 Å². The Kier molecular flexibility index (Phi) is 4.43. The van der Waals surface area contributed by atoms with Gasteiger partial charge in [-0.2, -0.15) is 4.52 Å². The van der Waals surface area contributed by atoms with Gasteiger partial charge in [0, 0.05) is 24.8 Å². The lowest BCUT2D eigenvalue weighted by Crippen LogP contribution is -2.49. The first-order valence-electron chi connectivity index (χ1n) is 10.8. The zero-order valence-electron chi connectivity index (χ0n) is 17.4. The van der Waals surface area contributed by atoms with Gasteiger partial charge < -0.3 is 9.64 Å². The number of aromatic nitrogens is 6. The summed E-state index contributed by atoms with van der Waals surface area (Å²) in [5, 5.41) is 11.6. The molecule has 2 aliphatic rings. The zero-order chi connectivity index (χ0) is 21.5. The molecule has 2 aliphatic heterocycles. The average molecular weight is 427 g/mol. The number of carbonyl (C=O) groups excluding carboxylic acids is 1. The number of hydrogen-bond acceptors (Lipinski definition) is 7. The molecule has 6 rings (SSSR count). The second kappa shape index (κ2) is 7.45. The standard InChI is InChI=1S/C23H21N7O2/c31-22(18-7-4-8-19-26-27-28-30(18)19)29-12-10-23(11-13-29)20-17(9-14-32-23)15-24-21(25-20)16-5-2-1-3-6-16/h1-8,15H,9-14H2. The van der Waals surface area contributed by atoms with Gasteiger partial charge in [-0.25, -0.2) is 9.97 Å². The van der Waals surface area contributed by atoms with E-state index in [4.69, 9.17) is 9.72 Å². The third-order valence-corrected chi connectivity index (χ3v) is 6.38. The van der Waals surface area contributed by atoms with Crippen molar-refractivity contribution < 1.29 is 9.53 Å². The van der Waals surface area contributed by atoms with Crippen LogP contribution in [0, 0.1) is 0 Å². The molecule has 0 radical (unpaired) electrons.